The highest BCUT2D eigenvalue weighted by Gasteiger charge is 2.25. The average Bonchev–Trinajstić information content (AvgIpc) is 3.21. The lowest BCUT2D eigenvalue weighted by atomic mass is 10.2. The van der Waals surface area contributed by atoms with Gasteiger partial charge in [-0.3, -0.25) is 4.79 Å². The summed E-state index contributed by atoms with van der Waals surface area (Å²) in [6.45, 7) is 11.1. The largest absolute Gasteiger partial charge is 0.357 e. The van der Waals surface area contributed by atoms with Gasteiger partial charge >= 0.3 is 0 Å². The van der Waals surface area contributed by atoms with Gasteiger partial charge in [0.05, 0.1) is 6.54 Å². The monoisotopic (exact) mass is 401 g/mol. The number of piperazine rings is 1. The predicted octanol–water partition coefficient (Wildman–Crippen LogP) is 0.899. The molecule has 1 aromatic heterocycles. The normalized spacial score (nSPS) is 20.8. The van der Waals surface area contributed by atoms with Crippen molar-refractivity contribution in [3.63, 3.8) is 0 Å². The number of hydrogen-bond donors (Lipinski definition) is 2. The first-order valence-corrected chi connectivity index (χ1v) is 10.8. The van der Waals surface area contributed by atoms with E-state index in [0.29, 0.717) is 13.0 Å². The van der Waals surface area contributed by atoms with Crippen LogP contribution >= 0.6 is 0 Å². The number of amides is 1. The molecule has 3 rings (SSSR count). The van der Waals surface area contributed by atoms with Crippen LogP contribution in [-0.2, 0) is 11.3 Å². The number of aliphatic imine (C=N–C) groups is 1. The summed E-state index contributed by atoms with van der Waals surface area (Å²) in [5.74, 6) is 2.07. The zero-order valence-corrected chi connectivity index (χ0v) is 18.0. The molecule has 1 amide bonds. The van der Waals surface area contributed by atoms with E-state index >= 15 is 0 Å². The first-order valence-electron chi connectivity index (χ1n) is 10.8. The second-order valence-electron chi connectivity index (χ2n) is 7.83. The Bertz CT molecular complexity index is 683. The van der Waals surface area contributed by atoms with Crippen LogP contribution in [0.15, 0.2) is 23.3 Å². The summed E-state index contributed by atoms with van der Waals surface area (Å²) in [5.41, 5.74) is 1.09. The summed E-state index contributed by atoms with van der Waals surface area (Å²) in [6, 6.07) is 4.47. The molecule has 0 spiro atoms. The maximum Gasteiger partial charge on any atom is 0.222 e. The fourth-order valence-electron chi connectivity index (χ4n) is 3.74. The number of pyridine rings is 1. The Morgan fingerprint density at radius 1 is 1.21 bits per heavy atom. The fraction of sp³-hybridized carbons (Fsp3) is 0.667. The lowest BCUT2D eigenvalue weighted by Gasteiger charge is -2.33. The van der Waals surface area contributed by atoms with Gasteiger partial charge in [-0.1, -0.05) is 13.0 Å². The molecule has 1 aromatic rings. The van der Waals surface area contributed by atoms with E-state index in [4.69, 9.17) is 4.99 Å². The third-order valence-corrected chi connectivity index (χ3v) is 5.58. The Morgan fingerprint density at radius 3 is 2.66 bits per heavy atom. The molecule has 8 nitrogen and oxygen atoms in total. The minimum absolute atomic E-state index is 0.225. The minimum atomic E-state index is 0.225. The summed E-state index contributed by atoms with van der Waals surface area (Å²) in [7, 11) is 2.16. The van der Waals surface area contributed by atoms with Crippen molar-refractivity contribution in [1.29, 1.82) is 0 Å². The third kappa shape index (κ3) is 6.06. The van der Waals surface area contributed by atoms with Crippen molar-refractivity contribution in [2.75, 3.05) is 57.8 Å². The number of carbonyl (C=O) groups excluding carboxylic acids is 1. The molecule has 160 valence electrons. The van der Waals surface area contributed by atoms with Gasteiger partial charge in [-0.25, -0.2) is 9.98 Å². The van der Waals surface area contributed by atoms with Crippen molar-refractivity contribution < 1.29 is 4.79 Å². The Hall–Kier alpha value is -2.35. The molecule has 0 radical (unpaired) electrons. The Kier molecular flexibility index (Phi) is 7.69. The van der Waals surface area contributed by atoms with Crippen LogP contribution in [0.1, 0.15) is 32.3 Å². The number of guanidine groups is 1. The van der Waals surface area contributed by atoms with Crippen molar-refractivity contribution in [2.24, 2.45) is 4.99 Å². The number of aromatic nitrogens is 1. The maximum absolute atomic E-state index is 11.9. The highest BCUT2D eigenvalue weighted by atomic mass is 16.2. The quantitative estimate of drug-likeness (QED) is 0.545. The Morgan fingerprint density at radius 2 is 2.00 bits per heavy atom. The molecule has 1 unspecified atom stereocenters. The lowest BCUT2D eigenvalue weighted by Crippen LogP contribution is -2.45. The molecule has 0 saturated carbocycles. The third-order valence-electron chi connectivity index (χ3n) is 5.58. The van der Waals surface area contributed by atoms with E-state index in [0.717, 1.165) is 69.6 Å². The van der Waals surface area contributed by atoms with Gasteiger partial charge in [-0.2, -0.15) is 0 Å². The maximum atomic E-state index is 11.9. The zero-order valence-electron chi connectivity index (χ0n) is 18.0. The molecule has 2 aliphatic rings. The second-order valence-corrected chi connectivity index (χ2v) is 7.83. The second kappa shape index (κ2) is 10.4. The van der Waals surface area contributed by atoms with Gasteiger partial charge < -0.3 is 25.3 Å². The molecule has 2 N–H and O–H groups in total. The summed E-state index contributed by atoms with van der Waals surface area (Å²) in [5, 5.41) is 6.78. The van der Waals surface area contributed by atoms with Gasteiger partial charge in [0.1, 0.15) is 5.82 Å². The van der Waals surface area contributed by atoms with Gasteiger partial charge in [0.2, 0.25) is 5.91 Å². The molecule has 1 atom stereocenters. The summed E-state index contributed by atoms with van der Waals surface area (Å²) in [4.78, 5) is 27.9. The zero-order chi connectivity index (χ0) is 20.6. The lowest BCUT2D eigenvalue weighted by molar-refractivity contribution is -0.129. The molecule has 0 aliphatic carbocycles. The van der Waals surface area contributed by atoms with Crippen molar-refractivity contribution in [3.8, 4) is 0 Å². The van der Waals surface area contributed by atoms with Crippen LogP contribution in [-0.4, -0.2) is 85.6 Å². The van der Waals surface area contributed by atoms with Crippen LogP contribution < -0.4 is 15.5 Å². The topological polar surface area (TPSA) is 76.1 Å². The number of carbonyl (C=O) groups is 1. The van der Waals surface area contributed by atoms with Crippen LogP contribution in [0.5, 0.6) is 0 Å². The first kappa shape index (κ1) is 21.4. The number of nitrogens with one attached hydrogen (secondary N) is 2. The highest BCUT2D eigenvalue weighted by molar-refractivity contribution is 5.80. The Labute approximate surface area is 174 Å². The van der Waals surface area contributed by atoms with Crippen molar-refractivity contribution >= 4 is 17.7 Å². The van der Waals surface area contributed by atoms with Crippen LogP contribution in [0.3, 0.4) is 0 Å². The number of rotatable bonds is 6. The number of likely N-dealkylation sites (tertiary alicyclic amines) is 1. The molecule has 2 saturated heterocycles. The minimum Gasteiger partial charge on any atom is -0.357 e. The predicted molar refractivity (Wildman–Crippen MR) is 117 cm³/mol. The van der Waals surface area contributed by atoms with E-state index in [9.17, 15) is 4.79 Å². The molecule has 2 fully saturated rings. The van der Waals surface area contributed by atoms with Gasteiger partial charge in [0, 0.05) is 64.5 Å². The van der Waals surface area contributed by atoms with E-state index < -0.39 is 0 Å². The first-order chi connectivity index (χ1) is 14.1. The van der Waals surface area contributed by atoms with E-state index in [-0.39, 0.29) is 11.9 Å². The summed E-state index contributed by atoms with van der Waals surface area (Å²) >= 11 is 0. The highest BCUT2D eigenvalue weighted by Crippen LogP contribution is 2.14. The number of anilines is 1. The number of hydrogen-bond acceptors (Lipinski definition) is 5. The van der Waals surface area contributed by atoms with Gasteiger partial charge in [0.25, 0.3) is 0 Å². The standard InChI is InChI=1S/C21H35N7O/c1-4-20(29)28-9-8-18(16-28)25-21(22-5-2)24-15-17-6-7-19(23-14-17)27-12-10-26(3)11-13-27/h6-7,14,18H,4-5,8-13,15-16H2,1-3H3,(H2,22,24,25). The SMILES string of the molecule is CCNC(=NCc1ccc(N2CCN(C)CC2)nc1)NC1CCN(C(=O)CC)C1. The number of nitrogens with zero attached hydrogens (tertiary/aromatic N) is 5. The molecular weight excluding hydrogens is 366 g/mol. The molecule has 29 heavy (non-hydrogen) atoms. The van der Waals surface area contributed by atoms with Crippen molar-refractivity contribution in [2.45, 2.75) is 39.3 Å². The molecule has 8 heteroatoms. The van der Waals surface area contributed by atoms with Crippen LogP contribution in [0.4, 0.5) is 5.82 Å². The van der Waals surface area contributed by atoms with Crippen LogP contribution in [0, 0.1) is 0 Å². The summed E-state index contributed by atoms with van der Waals surface area (Å²) < 4.78 is 0. The average molecular weight is 402 g/mol. The van der Waals surface area contributed by atoms with Crippen molar-refractivity contribution in [1.82, 2.24) is 25.4 Å². The van der Waals surface area contributed by atoms with E-state index in [1.165, 1.54) is 0 Å². The van der Waals surface area contributed by atoms with E-state index in [1.807, 2.05) is 18.0 Å². The Balaban J connectivity index is 1.54. The van der Waals surface area contributed by atoms with Gasteiger partial charge in [-0.15, -0.1) is 0 Å². The van der Waals surface area contributed by atoms with Gasteiger partial charge in [0.15, 0.2) is 5.96 Å². The van der Waals surface area contributed by atoms with Gasteiger partial charge in [-0.05, 0) is 32.0 Å². The van der Waals surface area contributed by atoms with Crippen LogP contribution in [0.25, 0.3) is 0 Å². The molecule has 0 bridgehead atoms. The molecule has 3 heterocycles. The molecule has 0 aromatic carbocycles. The number of likely N-dealkylation sites (N-methyl/N-ethyl adjacent to an activating group) is 1. The van der Waals surface area contributed by atoms with Crippen molar-refractivity contribution in [3.05, 3.63) is 23.9 Å². The fourth-order valence-corrected chi connectivity index (χ4v) is 3.74. The van der Waals surface area contributed by atoms with E-state index in [1.54, 1.807) is 0 Å². The smallest absolute Gasteiger partial charge is 0.222 e. The van der Waals surface area contributed by atoms with E-state index in [2.05, 4.69) is 51.5 Å². The summed E-state index contributed by atoms with van der Waals surface area (Å²) in [6.07, 6.45) is 3.45. The molecular formula is C21H35N7O. The molecule has 2 aliphatic heterocycles. The van der Waals surface area contributed by atoms with Crippen LogP contribution in [0.2, 0.25) is 0 Å².